The minimum atomic E-state index is -3.89. The lowest BCUT2D eigenvalue weighted by Crippen LogP contribution is -2.23. The van der Waals surface area contributed by atoms with E-state index in [-0.39, 0.29) is 11.6 Å². The fourth-order valence-corrected chi connectivity index (χ4v) is 4.34. The standard InChI is InChI=1S/C13H27O3P/c1-2-3-4-8-11-13(17(14,15)16)12-9-6-5-7-10-12/h12-13H,2-11H2,1H3,(H2,14,15,16). The highest BCUT2D eigenvalue weighted by molar-refractivity contribution is 7.52. The monoisotopic (exact) mass is 262 g/mol. The molecule has 0 spiro atoms. The molecule has 0 aromatic heterocycles. The summed E-state index contributed by atoms with van der Waals surface area (Å²) in [6.07, 6.45) is 10.7. The minimum absolute atomic E-state index is 0.270. The number of hydrogen-bond donors (Lipinski definition) is 2. The molecule has 1 aliphatic rings. The summed E-state index contributed by atoms with van der Waals surface area (Å²) >= 11 is 0. The lowest BCUT2D eigenvalue weighted by atomic mass is 9.85. The molecular formula is C13H27O3P. The molecule has 0 aliphatic heterocycles. The van der Waals surface area contributed by atoms with Crippen LogP contribution >= 0.6 is 7.60 Å². The molecule has 102 valence electrons. The summed E-state index contributed by atoms with van der Waals surface area (Å²) in [6, 6.07) is 0. The Hall–Kier alpha value is 0.150. The predicted octanol–water partition coefficient (Wildman–Crippen LogP) is 4.08. The van der Waals surface area contributed by atoms with Gasteiger partial charge in [-0.25, -0.2) is 0 Å². The average molecular weight is 262 g/mol. The minimum Gasteiger partial charge on any atom is -0.324 e. The third-order valence-corrected chi connectivity index (χ3v) is 5.52. The fourth-order valence-electron chi connectivity index (χ4n) is 2.98. The Morgan fingerprint density at radius 3 is 2.29 bits per heavy atom. The van der Waals surface area contributed by atoms with Crippen molar-refractivity contribution in [2.75, 3.05) is 0 Å². The molecule has 1 fully saturated rings. The molecule has 0 aromatic carbocycles. The molecule has 0 amide bonds. The highest BCUT2D eigenvalue weighted by Gasteiger charge is 2.35. The summed E-state index contributed by atoms with van der Waals surface area (Å²) in [5.74, 6) is 0.270. The van der Waals surface area contributed by atoms with Gasteiger partial charge in [-0.1, -0.05) is 51.9 Å². The predicted molar refractivity (Wildman–Crippen MR) is 71.2 cm³/mol. The third kappa shape index (κ3) is 5.54. The lowest BCUT2D eigenvalue weighted by molar-refractivity contribution is 0.280. The van der Waals surface area contributed by atoms with E-state index in [2.05, 4.69) is 6.92 Å². The molecule has 1 saturated carbocycles. The zero-order valence-corrected chi connectivity index (χ0v) is 11.9. The van der Waals surface area contributed by atoms with Gasteiger partial charge in [-0.2, -0.15) is 0 Å². The van der Waals surface area contributed by atoms with Gasteiger partial charge in [0.05, 0.1) is 5.66 Å². The quantitative estimate of drug-likeness (QED) is 0.537. The molecule has 1 aliphatic carbocycles. The van der Waals surface area contributed by atoms with Gasteiger partial charge >= 0.3 is 7.60 Å². The summed E-state index contributed by atoms with van der Waals surface area (Å²) in [6.45, 7) is 2.15. The van der Waals surface area contributed by atoms with Crippen LogP contribution in [0, 0.1) is 5.92 Å². The Kier molecular flexibility index (Phi) is 6.76. The maximum atomic E-state index is 11.6. The van der Waals surface area contributed by atoms with Gasteiger partial charge in [0.1, 0.15) is 0 Å². The van der Waals surface area contributed by atoms with Crippen molar-refractivity contribution in [3.63, 3.8) is 0 Å². The van der Waals surface area contributed by atoms with E-state index in [1.54, 1.807) is 0 Å². The maximum Gasteiger partial charge on any atom is 0.328 e. The van der Waals surface area contributed by atoms with Gasteiger partial charge in [-0.05, 0) is 25.2 Å². The summed E-state index contributed by atoms with van der Waals surface area (Å²) in [5.41, 5.74) is -0.361. The van der Waals surface area contributed by atoms with Crippen molar-refractivity contribution in [2.45, 2.75) is 76.8 Å². The summed E-state index contributed by atoms with van der Waals surface area (Å²) in [7, 11) is -3.89. The van der Waals surface area contributed by atoms with Gasteiger partial charge in [0.25, 0.3) is 0 Å². The molecule has 1 atom stereocenters. The summed E-state index contributed by atoms with van der Waals surface area (Å²) in [5, 5.41) is 0. The van der Waals surface area contributed by atoms with Crippen LogP contribution < -0.4 is 0 Å². The van der Waals surface area contributed by atoms with E-state index in [4.69, 9.17) is 0 Å². The van der Waals surface area contributed by atoms with Gasteiger partial charge in [-0.15, -0.1) is 0 Å². The third-order valence-electron chi connectivity index (χ3n) is 3.98. The molecule has 0 radical (unpaired) electrons. The Labute approximate surface area is 105 Å². The smallest absolute Gasteiger partial charge is 0.324 e. The first-order valence-corrected chi connectivity index (χ1v) is 8.79. The summed E-state index contributed by atoms with van der Waals surface area (Å²) < 4.78 is 11.6. The van der Waals surface area contributed by atoms with Gasteiger partial charge in [0.15, 0.2) is 0 Å². The molecule has 17 heavy (non-hydrogen) atoms. The van der Waals surface area contributed by atoms with Crippen LogP contribution in [0.25, 0.3) is 0 Å². The molecule has 4 heteroatoms. The lowest BCUT2D eigenvalue weighted by Gasteiger charge is -2.30. The normalized spacial score (nSPS) is 20.4. The van der Waals surface area contributed by atoms with E-state index < -0.39 is 7.60 Å². The van der Waals surface area contributed by atoms with Crippen molar-refractivity contribution in [2.24, 2.45) is 5.92 Å². The van der Waals surface area contributed by atoms with Crippen LogP contribution in [-0.4, -0.2) is 15.4 Å². The van der Waals surface area contributed by atoms with Crippen molar-refractivity contribution in [3.05, 3.63) is 0 Å². The van der Waals surface area contributed by atoms with E-state index in [0.717, 1.165) is 44.9 Å². The van der Waals surface area contributed by atoms with Crippen LogP contribution in [0.3, 0.4) is 0 Å². The first kappa shape index (κ1) is 15.2. The Balaban J connectivity index is 2.45. The number of unbranched alkanes of at least 4 members (excludes halogenated alkanes) is 3. The van der Waals surface area contributed by atoms with Crippen LogP contribution in [-0.2, 0) is 4.57 Å². The average Bonchev–Trinajstić information content (AvgIpc) is 2.28. The SMILES string of the molecule is CCCCCCC(C1CCCCC1)P(=O)(O)O. The van der Waals surface area contributed by atoms with Crippen molar-refractivity contribution in [1.29, 1.82) is 0 Å². The van der Waals surface area contributed by atoms with E-state index in [0.29, 0.717) is 0 Å². The largest absolute Gasteiger partial charge is 0.328 e. The van der Waals surface area contributed by atoms with Crippen molar-refractivity contribution < 1.29 is 14.4 Å². The molecule has 2 N–H and O–H groups in total. The zero-order chi connectivity index (χ0) is 12.7. The van der Waals surface area contributed by atoms with Crippen LogP contribution in [0.15, 0.2) is 0 Å². The molecule has 0 heterocycles. The molecule has 1 unspecified atom stereocenters. The van der Waals surface area contributed by atoms with E-state index in [9.17, 15) is 14.4 Å². The molecule has 0 saturated heterocycles. The Morgan fingerprint density at radius 1 is 1.12 bits per heavy atom. The van der Waals surface area contributed by atoms with Gasteiger partial charge in [0.2, 0.25) is 0 Å². The second-order valence-corrected chi connectivity index (χ2v) is 7.25. The van der Waals surface area contributed by atoms with Crippen molar-refractivity contribution in [1.82, 2.24) is 0 Å². The molecule has 0 bridgehead atoms. The van der Waals surface area contributed by atoms with Crippen molar-refractivity contribution in [3.8, 4) is 0 Å². The summed E-state index contributed by atoms with van der Waals surface area (Å²) in [4.78, 5) is 19.0. The number of rotatable bonds is 7. The van der Waals surface area contributed by atoms with E-state index in [1.807, 2.05) is 0 Å². The van der Waals surface area contributed by atoms with Gasteiger partial charge < -0.3 is 9.79 Å². The highest BCUT2D eigenvalue weighted by Crippen LogP contribution is 2.50. The second-order valence-electron chi connectivity index (χ2n) is 5.40. The zero-order valence-electron chi connectivity index (χ0n) is 11.0. The van der Waals surface area contributed by atoms with Crippen molar-refractivity contribution >= 4 is 7.60 Å². The first-order valence-electron chi connectivity index (χ1n) is 7.11. The highest BCUT2D eigenvalue weighted by atomic mass is 31.2. The Bertz CT molecular complexity index is 243. The van der Waals surface area contributed by atoms with Crippen LogP contribution in [0.4, 0.5) is 0 Å². The maximum absolute atomic E-state index is 11.6. The van der Waals surface area contributed by atoms with Crippen LogP contribution in [0.2, 0.25) is 0 Å². The molecular weight excluding hydrogens is 235 g/mol. The number of hydrogen-bond acceptors (Lipinski definition) is 1. The Morgan fingerprint density at radius 2 is 1.76 bits per heavy atom. The van der Waals surface area contributed by atoms with Crippen LogP contribution in [0.1, 0.15) is 71.1 Å². The molecule has 1 rings (SSSR count). The van der Waals surface area contributed by atoms with E-state index >= 15 is 0 Å². The second kappa shape index (κ2) is 7.56. The van der Waals surface area contributed by atoms with Gasteiger partial charge in [0, 0.05) is 0 Å². The molecule has 3 nitrogen and oxygen atoms in total. The van der Waals surface area contributed by atoms with Crippen LogP contribution in [0.5, 0.6) is 0 Å². The topological polar surface area (TPSA) is 57.5 Å². The first-order chi connectivity index (χ1) is 8.05. The van der Waals surface area contributed by atoms with E-state index in [1.165, 1.54) is 19.3 Å². The van der Waals surface area contributed by atoms with Gasteiger partial charge in [-0.3, -0.25) is 4.57 Å². The fraction of sp³-hybridized carbons (Fsp3) is 1.00. The molecule has 0 aromatic rings.